The Bertz CT molecular complexity index is 1420. The van der Waals surface area contributed by atoms with E-state index in [1.54, 1.807) is 6.07 Å². The molecule has 2 aromatic heterocycles. The molecule has 0 saturated heterocycles. The largest absolute Gasteiger partial charge is 0.459 e. The van der Waals surface area contributed by atoms with E-state index in [4.69, 9.17) is 10.00 Å². The fraction of sp³-hybridized carbons (Fsp3) is 0.238. The van der Waals surface area contributed by atoms with Gasteiger partial charge in [-0.05, 0) is 25.1 Å². The molecular weight excluding hydrogens is 489 g/mol. The highest BCUT2D eigenvalue weighted by molar-refractivity contribution is 5.53. The van der Waals surface area contributed by atoms with E-state index < -0.39 is 58.9 Å². The highest BCUT2D eigenvalue weighted by atomic mass is 19.4. The van der Waals surface area contributed by atoms with E-state index in [-0.39, 0.29) is 16.7 Å². The smallest absolute Gasteiger partial charge is 0.449 e. The van der Waals surface area contributed by atoms with Gasteiger partial charge in [0.1, 0.15) is 5.75 Å². The fourth-order valence-corrected chi connectivity index (χ4v) is 3.04. The molecule has 0 radical (unpaired) electrons. The summed E-state index contributed by atoms with van der Waals surface area (Å²) in [5.74, 6) is -8.36. The van der Waals surface area contributed by atoms with Gasteiger partial charge >= 0.3 is 12.1 Å². The van der Waals surface area contributed by atoms with Crippen LogP contribution in [0, 0.1) is 18.3 Å². The maximum atomic E-state index is 14.3. The van der Waals surface area contributed by atoms with Crippen molar-refractivity contribution in [2.24, 2.45) is 0 Å². The highest BCUT2D eigenvalue weighted by Gasteiger charge is 2.62. The van der Waals surface area contributed by atoms with Crippen LogP contribution in [0.1, 0.15) is 34.4 Å². The van der Waals surface area contributed by atoms with Crippen molar-refractivity contribution in [1.82, 2.24) is 14.5 Å². The predicted octanol–water partition coefficient (Wildman–Crippen LogP) is 4.54. The molecule has 35 heavy (non-hydrogen) atoms. The summed E-state index contributed by atoms with van der Waals surface area (Å²) in [5.41, 5.74) is -6.11. The third kappa shape index (κ3) is 4.75. The molecule has 1 aromatic carbocycles. The van der Waals surface area contributed by atoms with Crippen molar-refractivity contribution in [2.75, 3.05) is 0 Å². The minimum Gasteiger partial charge on any atom is -0.449 e. The number of hydrogen-bond acceptors (Lipinski definition) is 5. The summed E-state index contributed by atoms with van der Waals surface area (Å²) in [6.07, 6.45) is -7.92. The standard InChI is InChI=1S/C21H13F7N4O3/c1-10-11(7-29)4-5-13(17(22)23)14(10)35-15-16(20(24,25)21(26,27)28)31-9-32(19(15)34)8-12-3-2-6-30-18(12)33/h2-6,9,17H,8H2,1H3,(H,30,33). The number of benzene rings is 1. The van der Waals surface area contributed by atoms with Gasteiger partial charge in [0.2, 0.25) is 5.75 Å². The predicted molar refractivity (Wildman–Crippen MR) is 106 cm³/mol. The van der Waals surface area contributed by atoms with Crippen molar-refractivity contribution in [3.8, 4) is 17.6 Å². The van der Waals surface area contributed by atoms with Crippen molar-refractivity contribution in [3.05, 3.63) is 85.4 Å². The molecule has 0 unspecified atom stereocenters. The van der Waals surface area contributed by atoms with E-state index in [1.807, 2.05) is 0 Å². The number of halogens is 7. The number of nitrogens with zero attached hydrogens (tertiary/aromatic N) is 3. The summed E-state index contributed by atoms with van der Waals surface area (Å²) in [4.78, 5) is 30.2. The molecule has 0 atom stereocenters. The number of ether oxygens (including phenoxy) is 1. The minimum absolute atomic E-state index is 0.0893. The summed E-state index contributed by atoms with van der Waals surface area (Å²) in [6, 6.07) is 5.93. The Kier molecular flexibility index (Phi) is 6.73. The van der Waals surface area contributed by atoms with Gasteiger partial charge in [-0.1, -0.05) is 6.07 Å². The van der Waals surface area contributed by atoms with Gasteiger partial charge in [-0.2, -0.15) is 27.2 Å². The molecule has 3 aromatic rings. The molecule has 0 aliphatic rings. The van der Waals surface area contributed by atoms with Gasteiger partial charge in [-0.25, -0.2) is 13.8 Å². The Morgan fingerprint density at radius 1 is 1.14 bits per heavy atom. The maximum Gasteiger partial charge on any atom is 0.459 e. The Morgan fingerprint density at radius 2 is 1.83 bits per heavy atom. The summed E-state index contributed by atoms with van der Waals surface area (Å²) in [6.45, 7) is 0.467. The lowest BCUT2D eigenvalue weighted by Gasteiger charge is -2.22. The van der Waals surface area contributed by atoms with E-state index >= 15 is 0 Å². The van der Waals surface area contributed by atoms with Gasteiger partial charge in [0.25, 0.3) is 17.5 Å². The molecule has 184 valence electrons. The first-order chi connectivity index (χ1) is 16.3. The van der Waals surface area contributed by atoms with E-state index in [2.05, 4.69) is 9.97 Å². The van der Waals surface area contributed by atoms with Gasteiger partial charge in [0.05, 0.1) is 30.1 Å². The molecule has 0 spiro atoms. The van der Waals surface area contributed by atoms with Gasteiger partial charge in [0, 0.05) is 17.3 Å². The molecule has 2 heterocycles. The Morgan fingerprint density at radius 3 is 2.40 bits per heavy atom. The number of alkyl halides is 7. The third-order valence-corrected chi connectivity index (χ3v) is 4.89. The second-order valence-corrected chi connectivity index (χ2v) is 7.12. The zero-order valence-corrected chi connectivity index (χ0v) is 17.5. The average molecular weight is 502 g/mol. The van der Waals surface area contributed by atoms with E-state index in [1.165, 1.54) is 18.3 Å². The number of rotatable bonds is 6. The van der Waals surface area contributed by atoms with Crippen LogP contribution in [-0.4, -0.2) is 20.7 Å². The van der Waals surface area contributed by atoms with E-state index in [9.17, 15) is 40.3 Å². The van der Waals surface area contributed by atoms with Crippen LogP contribution in [-0.2, 0) is 12.5 Å². The molecule has 0 aliphatic heterocycles. The molecule has 7 nitrogen and oxygen atoms in total. The number of aromatic amines is 1. The van der Waals surface area contributed by atoms with Gasteiger partial charge in [-0.3, -0.25) is 14.2 Å². The molecule has 0 aliphatic carbocycles. The van der Waals surface area contributed by atoms with Gasteiger partial charge in [-0.15, -0.1) is 0 Å². The molecule has 0 bridgehead atoms. The Labute approximate surface area is 191 Å². The zero-order chi connectivity index (χ0) is 26.1. The van der Waals surface area contributed by atoms with Crippen LogP contribution in [0.25, 0.3) is 0 Å². The number of aromatic nitrogens is 3. The number of pyridine rings is 1. The molecular formula is C21H13F7N4O3. The van der Waals surface area contributed by atoms with Crippen LogP contribution in [0.2, 0.25) is 0 Å². The molecule has 3 rings (SSSR count). The van der Waals surface area contributed by atoms with Gasteiger partial charge in [0.15, 0.2) is 5.69 Å². The van der Waals surface area contributed by atoms with Crippen molar-refractivity contribution in [3.63, 3.8) is 0 Å². The molecule has 0 fully saturated rings. The lowest BCUT2D eigenvalue weighted by Crippen LogP contribution is -2.37. The fourth-order valence-electron chi connectivity index (χ4n) is 3.04. The SMILES string of the molecule is Cc1c(C#N)ccc(C(F)F)c1Oc1c(C(F)(F)C(F)(F)F)ncn(Cc2ccc[nH]c2=O)c1=O. The molecule has 1 N–H and O–H groups in total. The quantitative estimate of drug-likeness (QED) is 0.499. The van der Waals surface area contributed by atoms with Crippen LogP contribution < -0.4 is 15.9 Å². The maximum absolute atomic E-state index is 14.3. The molecule has 14 heteroatoms. The average Bonchev–Trinajstić information content (AvgIpc) is 2.77. The van der Waals surface area contributed by atoms with Gasteiger partial charge < -0.3 is 9.72 Å². The Hall–Kier alpha value is -4.15. The number of H-pyrrole nitrogens is 1. The summed E-state index contributed by atoms with van der Waals surface area (Å²) >= 11 is 0. The van der Waals surface area contributed by atoms with Crippen molar-refractivity contribution in [1.29, 1.82) is 5.26 Å². The van der Waals surface area contributed by atoms with E-state index in [0.29, 0.717) is 17.0 Å². The van der Waals surface area contributed by atoms with Crippen LogP contribution in [0.3, 0.4) is 0 Å². The van der Waals surface area contributed by atoms with Crippen LogP contribution in [0.5, 0.6) is 11.5 Å². The zero-order valence-electron chi connectivity index (χ0n) is 17.5. The first-order valence-corrected chi connectivity index (χ1v) is 9.50. The van der Waals surface area contributed by atoms with Crippen LogP contribution in [0.15, 0.2) is 46.4 Å². The Balaban J connectivity index is 2.29. The second kappa shape index (κ2) is 9.24. The minimum atomic E-state index is -6.22. The van der Waals surface area contributed by atoms with E-state index in [0.717, 1.165) is 13.0 Å². The first kappa shape index (κ1) is 25.5. The first-order valence-electron chi connectivity index (χ1n) is 9.50. The normalized spacial score (nSPS) is 12.0. The summed E-state index contributed by atoms with van der Waals surface area (Å²) < 4.78 is 100. The lowest BCUT2D eigenvalue weighted by atomic mass is 10.0. The van der Waals surface area contributed by atoms with Crippen molar-refractivity contribution >= 4 is 0 Å². The third-order valence-electron chi connectivity index (χ3n) is 4.89. The van der Waals surface area contributed by atoms with Crippen LogP contribution >= 0.6 is 0 Å². The number of nitriles is 1. The monoisotopic (exact) mass is 502 g/mol. The molecule has 0 amide bonds. The topological polar surface area (TPSA) is 101 Å². The van der Waals surface area contributed by atoms with Crippen molar-refractivity contribution < 1.29 is 35.5 Å². The number of hydrogen-bond donors (Lipinski definition) is 1. The van der Waals surface area contributed by atoms with Crippen molar-refractivity contribution in [2.45, 2.75) is 32.0 Å². The summed E-state index contributed by atoms with van der Waals surface area (Å²) in [7, 11) is 0. The van der Waals surface area contributed by atoms with Crippen LogP contribution in [0.4, 0.5) is 30.7 Å². The lowest BCUT2D eigenvalue weighted by molar-refractivity contribution is -0.291. The number of nitrogens with one attached hydrogen (secondary N) is 1. The summed E-state index contributed by atoms with van der Waals surface area (Å²) in [5, 5.41) is 9.15. The molecule has 0 saturated carbocycles. The highest BCUT2D eigenvalue weighted by Crippen LogP contribution is 2.46. The second-order valence-electron chi connectivity index (χ2n) is 7.12.